The lowest BCUT2D eigenvalue weighted by molar-refractivity contribution is 0.248. The minimum atomic E-state index is -0.255. The Kier molecular flexibility index (Phi) is 3.60. The van der Waals surface area contributed by atoms with Crippen molar-refractivity contribution in [3.05, 3.63) is 66.4 Å². The molecule has 0 radical (unpaired) electrons. The number of hydrogen-bond donors (Lipinski definition) is 2. The SMILES string of the molecule is CC(NC(=O)Nc1ccccc1)c1cc2ccccc2o1. The van der Waals surface area contributed by atoms with Gasteiger partial charge in [-0.15, -0.1) is 0 Å². The number of fused-ring (bicyclic) bond motifs is 1. The molecule has 3 rings (SSSR count). The standard InChI is InChI=1S/C17H16N2O2/c1-12(16-11-13-7-5-6-10-15(13)21-16)18-17(20)19-14-8-3-2-4-9-14/h2-12H,1H3,(H2,18,19,20). The smallest absolute Gasteiger partial charge is 0.319 e. The molecule has 0 spiro atoms. The third-order valence-electron chi connectivity index (χ3n) is 3.25. The van der Waals surface area contributed by atoms with Crippen molar-refractivity contribution in [1.82, 2.24) is 5.32 Å². The van der Waals surface area contributed by atoms with Crippen molar-refractivity contribution in [3.8, 4) is 0 Å². The molecule has 0 aliphatic heterocycles. The predicted molar refractivity (Wildman–Crippen MR) is 83.2 cm³/mol. The second-order valence-corrected chi connectivity index (χ2v) is 4.87. The van der Waals surface area contributed by atoms with Crippen LogP contribution in [0.1, 0.15) is 18.7 Å². The number of carbonyl (C=O) groups excluding carboxylic acids is 1. The van der Waals surface area contributed by atoms with Gasteiger partial charge in [-0.3, -0.25) is 0 Å². The lowest BCUT2D eigenvalue weighted by atomic mass is 10.2. The van der Waals surface area contributed by atoms with Crippen LogP contribution in [0.3, 0.4) is 0 Å². The molecule has 2 N–H and O–H groups in total. The van der Waals surface area contributed by atoms with Crippen molar-refractivity contribution in [2.45, 2.75) is 13.0 Å². The monoisotopic (exact) mass is 280 g/mol. The molecule has 0 aliphatic carbocycles. The zero-order valence-corrected chi connectivity index (χ0v) is 11.7. The van der Waals surface area contributed by atoms with Gasteiger partial charge in [0.25, 0.3) is 0 Å². The number of benzene rings is 2. The van der Waals surface area contributed by atoms with Gasteiger partial charge in [0.05, 0.1) is 6.04 Å². The zero-order chi connectivity index (χ0) is 14.7. The molecule has 4 heteroatoms. The molecule has 0 fully saturated rings. The van der Waals surface area contributed by atoms with Crippen molar-refractivity contribution in [3.63, 3.8) is 0 Å². The summed E-state index contributed by atoms with van der Waals surface area (Å²) in [6, 6.07) is 18.6. The summed E-state index contributed by atoms with van der Waals surface area (Å²) >= 11 is 0. The molecule has 0 bridgehead atoms. The summed E-state index contributed by atoms with van der Waals surface area (Å²) in [5, 5.41) is 6.68. The van der Waals surface area contributed by atoms with E-state index in [1.807, 2.05) is 67.6 Å². The molecule has 0 saturated carbocycles. The largest absolute Gasteiger partial charge is 0.459 e. The number of furan rings is 1. The second kappa shape index (κ2) is 5.71. The van der Waals surface area contributed by atoms with Gasteiger partial charge in [0, 0.05) is 11.1 Å². The van der Waals surface area contributed by atoms with E-state index in [-0.39, 0.29) is 12.1 Å². The molecule has 0 aliphatic rings. The fourth-order valence-electron chi connectivity index (χ4n) is 2.17. The van der Waals surface area contributed by atoms with E-state index in [9.17, 15) is 4.79 Å². The fourth-order valence-corrected chi connectivity index (χ4v) is 2.17. The normalized spacial score (nSPS) is 12.0. The molecule has 4 nitrogen and oxygen atoms in total. The summed E-state index contributed by atoms with van der Waals surface area (Å²) in [5.41, 5.74) is 1.58. The van der Waals surface area contributed by atoms with Crippen molar-refractivity contribution >= 4 is 22.7 Å². The summed E-state index contributed by atoms with van der Waals surface area (Å²) in [5.74, 6) is 0.736. The zero-order valence-electron chi connectivity index (χ0n) is 11.7. The summed E-state index contributed by atoms with van der Waals surface area (Å²) in [7, 11) is 0. The molecule has 3 aromatic rings. The first kappa shape index (κ1) is 13.2. The molecule has 1 unspecified atom stereocenters. The van der Waals surface area contributed by atoms with Crippen LogP contribution < -0.4 is 10.6 Å². The summed E-state index contributed by atoms with van der Waals surface area (Å²) in [4.78, 5) is 11.9. The number of urea groups is 1. The number of hydrogen-bond acceptors (Lipinski definition) is 2. The number of rotatable bonds is 3. The maximum Gasteiger partial charge on any atom is 0.319 e. The van der Waals surface area contributed by atoms with Gasteiger partial charge in [0.2, 0.25) is 0 Å². The fraction of sp³-hybridized carbons (Fsp3) is 0.118. The molecule has 2 aromatic carbocycles. The number of carbonyl (C=O) groups is 1. The van der Waals surface area contributed by atoms with E-state index < -0.39 is 0 Å². The van der Waals surface area contributed by atoms with Gasteiger partial charge < -0.3 is 15.1 Å². The van der Waals surface area contributed by atoms with E-state index in [2.05, 4.69) is 10.6 Å². The highest BCUT2D eigenvalue weighted by Gasteiger charge is 2.14. The summed E-state index contributed by atoms with van der Waals surface area (Å²) < 4.78 is 5.74. The molecular weight excluding hydrogens is 264 g/mol. The molecule has 21 heavy (non-hydrogen) atoms. The molecule has 1 heterocycles. The number of anilines is 1. The first-order valence-electron chi connectivity index (χ1n) is 6.83. The van der Waals surface area contributed by atoms with Gasteiger partial charge in [-0.25, -0.2) is 4.79 Å². The Balaban J connectivity index is 1.68. The molecular formula is C17H16N2O2. The minimum Gasteiger partial charge on any atom is -0.459 e. The van der Waals surface area contributed by atoms with E-state index in [1.54, 1.807) is 0 Å². The first-order chi connectivity index (χ1) is 10.2. The number of amides is 2. The van der Waals surface area contributed by atoms with Crippen molar-refractivity contribution < 1.29 is 9.21 Å². The van der Waals surface area contributed by atoms with Crippen LogP contribution in [0.15, 0.2) is 65.1 Å². The molecule has 1 atom stereocenters. The average molecular weight is 280 g/mol. The van der Waals surface area contributed by atoms with Gasteiger partial charge in [-0.05, 0) is 31.2 Å². The van der Waals surface area contributed by atoms with Crippen molar-refractivity contribution in [2.24, 2.45) is 0 Å². The third-order valence-corrected chi connectivity index (χ3v) is 3.25. The maximum absolute atomic E-state index is 11.9. The van der Waals surface area contributed by atoms with Crippen LogP contribution >= 0.6 is 0 Å². The van der Waals surface area contributed by atoms with E-state index in [1.165, 1.54) is 0 Å². The highest BCUT2D eigenvalue weighted by Crippen LogP contribution is 2.23. The van der Waals surface area contributed by atoms with Crippen LogP contribution in [0.2, 0.25) is 0 Å². The van der Waals surface area contributed by atoms with Crippen molar-refractivity contribution in [2.75, 3.05) is 5.32 Å². The van der Waals surface area contributed by atoms with E-state index in [0.717, 1.165) is 22.4 Å². The highest BCUT2D eigenvalue weighted by atomic mass is 16.3. The van der Waals surface area contributed by atoms with Crippen LogP contribution in [0.5, 0.6) is 0 Å². The topological polar surface area (TPSA) is 54.3 Å². The average Bonchev–Trinajstić information content (AvgIpc) is 2.92. The van der Waals surface area contributed by atoms with Gasteiger partial charge in [-0.1, -0.05) is 36.4 Å². The Morgan fingerprint density at radius 3 is 2.52 bits per heavy atom. The maximum atomic E-state index is 11.9. The van der Waals surface area contributed by atoms with Crippen LogP contribution in [0.4, 0.5) is 10.5 Å². The van der Waals surface area contributed by atoms with Crippen LogP contribution in [-0.4, -0.2) is 6.03 Å². The Bertz CT molecular complexity index is 717. The molecule has 2 amide bonds. The van der Waals surface area contributed by atoms with Gasteiger partial charge in [0.1, 0.15) is 11.3 Å². The first-order valence-corrected chi connectivity index (χ1v) is 6.83. The molecule has 1 aromatic heterocycles. The van der Waals surface area contributed by atoms with E-state index in [0.29, 0.717) is 0 Å². The predicted octanol–water partition coefficient (Wildman–Crippen LogP) is 4.32. The number of para-hydroxylation sites is 2. The Hall–Kier alpha value is -2.75. The lowest BCUT2D eigenvalue weighted by Gasteiger charge is -2.12. The quantitative estimate of drug-likeness (QED) is 0.751. The highest BCUT2D eigenvalue weighted by molar-refractivity contribution is 5.89. The van der Waals surface area contributed by atoms with E-state index >= 15 is 0 Å². The van der Waals surface area contributed by atoms with Gasteiger partial charge in [-0.2, -0.15) is 0 Å². The van der Waals surface area contributed by atoms with Crippen LogP contribution in [-0.2, 0) is 0 Å². The molecule has 0 saturated heterocycles. The third kappa shape index (κ3) is 3.05. The second-order valence-electron chi connectivity index (χ2n) is 4.87. The van der Waals surface area contributed by atoms with Crippen LogP contribution in [0, 0.1) is 0 Å². The van der Waals surface area contributed by atoms with Gasteiger partial charge in [0.15, 0.2) is 0 Å². The Morgan fingerprint density at radius 1 is 1.05 bits per heavy atom. The summed E-state index contributed by atoms with van der Waals surface area (Å²) in [6.45, 7) is 1.89. The Morgan fingerprint density at radius 2 is 1.76 bits per heavy atom. The van der Waals surface area contributed by atoms with Crippen molar-refractivity contribution in [1.29, 1.82) is 0 Å². The minimum absolute atomic E-state index is 0.207. The number of nitrogens with one attached hydrogen (secondary N) is 2. The Labute approximate surface area is 122 Å². The van der Waals surface area contributed by atoms with Crippen LogP contribution in [0.25, 0.3) is 11.0 Å². The van der Waals surface area contributed by atoms with Gasteiger partial charge >= 0.3 is 6.03 Å². The lowest BCUT2D eigenvalue weighted by Crippen LogP contribution is -2.30. The summed E-state index contributed by atoms with van der Waals surface area (Å²) in [6.07, 6.45) is 0. The molecule has 106 valence electrons. The van der Waals surface area contributed by atoms with E-state index in [4.69, 9.17) is 4.42 Å².